The molecule has 0 radical (unpaired) electrons. The van der Waals surface area contributed by atoms with Crippen LogP contribution in [0.4, 0.5) is 10.1 Å². The molecule has 140 valence electrons. The second-order valence-corrected chi connectivity index (χ2v) is 7.46. The van der Waals surface area contributed by atoms with Gasteiger partial charge in [-0.1, -0.05) is 0 Å². The minimum Gasteiger partial charge on any atom is -0.352 e. The standard InChI is InChI=1S/C18H22FN3O3S/c1-13-12-15(19)6-9-17(13)26(24,25)22-16-7-4-14(5-8-16)18(23)21-11-3-10-20-2/h4-9,12,20,22H,3,10-11H2,1-2H3,(H,21,23). The Labute approximate surface area is 152 Å². The van der Waals surface area contributed by atoms with Gasteiger partial charge in [0, 0.05) is 17.8 Å². The number of nitrogens with one attached hydrogen (secondary N) is 3. The third kappa shape index (κ3) is 5.27. The number of rotatable bonds is 8. The van der Waals surface area contributed by atoms with Crippen molar-refractivity contribution in [3.63, 3.8) is 0 Å². The van der Waals surface area contributed by atoms with Crippen molar-refractivity contribution in [2.75, 3.05) is 24.9 Å². The van der Waals surface area contributed by atoms with Crippen molar-refractivity contribution in [2.45, 2.75) is 18.2 Å². The molecule has 0 aromatic heterocycles. The molecular formula is C18H22FN3O3S. The summed E-state index contributed by atoms with van der Waals surface area (Å²) in [5, 5.41) is 5.78. The lowest BCUT2D eigenvalue weighted by molar-refractivity contribution is 0.0953. The molecule has 3 N–H and O–H groups in total. The number of halogens is 1. The molecule has 1 amide bonds. The zero-order valence-corrected chi connectivity index (χ0v) is 15.5. The number of carbonyl (C=O) groups excluding carboxylic acids is 1. The largest absolute Gasteiger partial charge is 0.352 e. The molecule has 2 aromatic rings. The molecule has 2 rings (SSSR count). The summed E-state index contributed by atoms with van der Waals surface area (Å²) in [6.45, 7) is 2.89. The summed E-state index contributed by atoms with van der Waals surface area (Å²) in [7, 11) is -2.00. The lowest BCUT2D eigenvalue weighted by Crippen LogP contribution is -2.26. The summed E-state index contributed by atoms with van der Waals surface area (Å²) in [6.07, 6.45) is 0.817. The van der Waals surface area contributed by atoms with E-state index >= 15 is 0 Å². The van der Waals surface area contributed by atoms with Crippen LogP contribution in [0.2, 0.25) is 0 Å². The summed E-state index contributed by atoms with van der Waals surface area (Å²) in [5.41, 5.74) is 1.07. The van der Waals surface area contributed by atoms with Gasteiger partial charge in [0.1, 0.15) is 5.82 Å². The Balaban J connectivity index is 2.05. The van der Waals surface area contributed by atoms with Crippen LogP contribution >= 0.6 is 0 Å². The van der Waals surface area contributed by atoms with Gasteiger partial charge in [0.2, 0.25) is 0 Å². The van der Waals surface area contributed by atoms with Gasteiger partial charge in [-0.15, -0.1) is 0 Å². The van der Waals surface area contributed by atoms with Crippen LogP contribution < -0.4 is 15.4 Å². The quantitative estimate of drug-likeness (QED) is 0.614. The second kappa shape index (κ2) is 8.77. The van der Waals surface area contributed by atoms with E-state index in [0.29, 0.717) is 23.4 Å². The predicted molar refractivity (Wildman–Crippen MR) is 99.3 cm³/mol. The highest BCUT2D eigenvalue weighted by Gasteiger charge is 2.17. The van der Waals surface area contributed by atoms with E-state index in [1.807, 2.05) is 7.05 Å². The molecule has 0 unspecified atom stereocenters. The second-order valence-electron chi connectivity index (χ2n) is 5.81. The third-order valence-electron chi connectivity index (χ3n) is 3.71. The molecule has 0 aliphatic rings. The summed E-state index contributed by atoms with van der Waals surface area (Å²) in [5.74, 6) is -0.712. The molecule has 0 aliphatic carbocycles. The van der Waals surface area contributed by atoms with Gasteiger partial charge in [-0.05, 0) is 75.0 Å². The molecule has 2 aromatic carbocycles. The molecule has 0 fully saturated rings. The molecule has 0 bridgehead atoms. The van der Waals surface area contributed by atoms with E-state index in [2.05, 4.69) is 15.4 Å². The van der Waals surface area contributed by atoms with E-state index in [-0.39, 0.29) is 10.8 Å². The number of sulfonamides is 1. The Hall–Kier alpha value is -2.45. The molecule has 0 spiro atoms. The van der Waals surface area contributed by atoms with Crippen LogP contribution in [0, 0.1) is 12.7 Å². The Morgan fingerprint density at radius 1 is 1.08 bits per heavy atom. The van der Waals surface area contributed by atoms with Gasteiger partial charge < -0.3 is 10.6 Å². The smallest absolute Gasteiger partial charge is 0.262 e. The fourth-order valence-corrected chi connectivity index (χ4v) is 3.67. The maximum Gasteiger partial charge on any atom is 0.262 e. The molecular weight excluding hydrogens is 357 g/mol. The molecule has 0 aliphatic heterocycles. The number of aryl methyl sites for hydroxylation is 1. The first-order valence-corrected chi connectivity index (χ1v) is 9.63. The number of amides is 1. The van der Waals surface area contributed by atoms with Crippen LogP contribution in [-0.2, 0) is 10.0 Å². The number of benzene rings is 2. The maximum absolute atomic E-state index is 13.2. The van der Waals surface area contributed by atoms with Crippen molar-refractivity contribution in [1.29, 1.82) is 0 Å². The van der Waals surface area contributed by atoms with Crippen LogP contribution in [-0.4, -0.2) is 34.5 Å². The number of hydrogen-bond donors (Lipinski definition) is 3. The van der Waals surface area contributed by atoms with E-state index in [4.69, 9.17) is 0 Å². The van der Waals surface area contributed by atoms with Crippen molar-refractivity contribution >= 4 is 21.6 Å². The third-order valence-corrected chi connectivity index (χ3v) is 5.26. The van der Waals surface area contributed by atoms with Crippen molar-refractivity contribution < 1.29 is 17.6 Å². The average molecular weight is 379 g/mol. The van der Waals surface area contributed by atoms with Crippen molar-refractivity contribution in [2.24, 2.45) is 0 Å². The van der Waals surface area contributed by atoms with Crippen molar-refractivity contribution in [3.05, 3.63) is 59.4 Å². The first-order chi connectivity index (χ1) is 12.3. The summed E-state index contributed by atoms with van der Waals surface area (Å²) in [6, 6.07) is 9.60. The lowest BCUT2D eigenvalue weighted by Gasteiger charge is -2.11. The van der Waals surface area contributed by atoms with Gasteiger partial charge in [-0.25, -0.2) is 12.8 Å². The Morgan fingerprint density at radius 3 is 2.38 bits per heavy atom. The van der Waals surface area contributed by atoms with Crippen molar-refractivity contribution in [1.82, 2.24) is 10.6 Å². The van der Waals surface area contributed by atoms with E-state index < -0.39 is 15.8 Å². The number of hydrogen-bond acceptors (Lipinski definition) is 4. The highest BCUT2D eigenvalue weighted by molar-refractivity contribution is 7.92. The number of anilines is 1. The molecule has 0 heterocycles. The first kappa shape index (κ1) is 19.9. The number of carbonyl (C=O) groups is 1. The molecule has 6 nitrogen and oxygen atoms in total. The molecule has 0 saturated carbocycles. The first-order valence-electron chi connectivity index (χ1n) is 8.15. The fourth-order valence-electron chi connectivity index (χ4n) is 2.38. The SMILES string of the molecule is CNCCCNC(=O)c1ccc(NS(=O)(=O)c2ccc(F)cc2C)cc1. The zero-order chi connectivity index (χ0) is 19.2. The zero-order valence-electron chi connectivity index (χ0n) is 14.7. The van der Waals surface area contributed by atoms with Crippen LogP contribution in [0.1, 0.15) is 22.3 Å². The van der Waals surface area contributed by atoms with Gasteiger partial charge in [0.15, 0.2) is 0 Å². The monoisotopic (exact) mass is 379 g/mol. The van der Waals surface area contributed by atoms with Crippen LogP contribution in [0.15, 0.2) is 47.4 Å². The fraction of sp³-hybridized carbons (Fsp3) is 0.278. The van der Waals surface area contributed by atoms with Gasteiger partial charge >= 0.3 is 0 Å². The van der Waals surface area contributed by atoms with Gasteiger partial charge in [0.25, 0.3) is 15.9 Å². The van der Waals surface area contributed by atoms with Gasteiger partial charge in [0.05, 0.1) is 4.90 Å². The average Bonchev–Trinajstić information content (AvgIpc) is 2.58. The van der Waals surface area contributed by atoms with Crippen LogP contribution in [0.3, 0.4) is 0 Å². The normalized spacial score (nSPS) is 11.2. The van der Waals surface area contributed by atoms with Gasteiger partial charge in [-0.3, -0.25) is 9.52 Å². The highest BCUT2D eigenvalue weighted by atomic mass is 32.2. The molecule has 0 atom stereocenters. The Bertz CT molecular complexity index is 868. The van der Waals surface area contributed by atoms with E-state index in [1.165, 1.54) is 25.1 Å². The topological polar surface area (TPSA) is 87.3 Å². The van der Waals surface area contributed by atoms with Crippen molar-refractivity contribution in [3.8, 4) is 0 Å². The molecule has 26 heavy (non-hydrogen) atoms. The summed E-state index contributed by atoms with van der Waals surface area (Å²) in [4.78, 5) is 12.0. The van der Waals surface area contributed by atoms with Crippen LogP contribution in [0.25, 0.3) is 0 Å². The summed E-state index contributed by atoms with van der Waals surface area (Å²) < 4.78 is 40.5. The lowest BCUT2D eigenvalue weighted by atomic mass is 10.2. The predicted octanol–water partition coefficient (Wildman–Crippen LogP) is 2.27. The summed E-state index contributed by atoms with van der Waals surface area (Å²) >= 11 is 0. The van der Waals surface area contributed by atoms with Gasteiger partial charge in [-0.2, -0.15) is 0 Å². The molecule has 8 heteroatoms. The Morgan fingerprint density at radius 2 is 1.77 bits per heavy atom. The minimum atomic E-state index is -3.84. The molecule has 0 saturated heterocycles. The minimum absolute atomic E-state index is 0.00486. The van der Waals surface area contributed by atoms with E-state index in [1.54, 1.807) is 12.1 Å². The van der Waals surface area contributed by atoms with E-state index in [9.17, 15) is 17.6 Å². The highest BCUT2D eigenvalue weighted by Crippen LogP contribution is 2.20. The van der Waals surface area contributed by atoms with Crippen LogP contribution in [0.5, 0.6) is 0 Å². The maximum atomic E-state index is 13.2. The van der Waals surface area contributed by atoms with E-state index in [0.717, 1.165) is 25.1 Å². The Kier molecular flexibility index (Phi) is 6.70.